The lowest BCUT2D eigenvalue weighted by Gasteiger charge is -2.20. The Labute approximate surface area is 129 Å². The monoisotopic (exact) mass is 295 g/mol. The van der Waals surface area contributed by atoms with Crippen molar-refractivity contribution in [3.8, 4) is 0 Å². The zero-order chi connectivity index (χ0) is 15.2. The highest BCUT2D eigenvalue weighted by Crippen LogP contribution is 2.39. The Morgan fingerprint density at radius 3 is 2.82 bits per heavy atom. The fourth-order valence-corrected chi connectivity index (χ4v) is 2.69. The molecule has 0 aliphatic carbocycles. The first kappa shape index (κ1) is 14.3. The lowest BCUT2D eigenvalue weighted by molar-refractivity contribution is -0.109. The second kappa shape index (κ2) is 6.85. The van der Waals surface area contributed by atoms with E-state index in [9.17, 15) is 4.79 Å². The topological polar surface area (TPSA) is 63.6 Å². The smallest absolute Gasteiger partial charge is 0.207 e. The largest absolute Gasteiger partial charge is 0.473 e. The van der Waals surface area contributed by atoms with Crippen molar-refractivity contribution in [1.82, 2.24) is 10.3 Å². The average molecular weight is 295 g/mol. The quantitative estimate of drug-likeness (QED) is 0.656. The van der Waals surface area contributed by atoms with Crippen LogP contribution in [0.1, 0.15) is 28.8 Å². The SMILES string of the molecule is O=CNCCc1ccccc1C1N=COC1c1ccncc1. The first-order chi connectivity index (χ1) is 10.9. The number of carbonyl (C=O) groups excluding carboxylic acids is 1. The molecule has 2 atom stereocenters. The summed E-state index contributed by atoms with van der Waals surface area (Å²) in [5.41, 5.74) is 3.35. The van der Waals surface area contributed by atoms with Gasteiger partial charge >= 0.3 is 0 Å². The summed E-state index contributed by atoms with van der Waals surface area (Å²) >= 11 is 0. The van der Waals surface area contributed by atoms with Crippen molar-refractivity contribution < 1.29 is 9.53 Å². The molecule has 112 valence electrons. The molecule has 1 amide bonds. The van der Waals surface area contributed by atoms with Crippen LogP contribution in [0.3, 0.4) is 0 Å². The molecular weight excluding hydrogens is 278 g/mol. The lowest BCUT2D eigenvalue weighted by Crippen LogP contribution is -2.16. The van der Waals surface area contributed by atoms with Crippen molar-refractivity contribution in [2.75, 3.05) is 6.54 Å². The third kappa shape index (κ3) is 2.98. The molecule has 0 fully saturated rings. The molecule has 1 aliphatic rings. The maximum Gasteiger partial charge on any atom is 0.207 e. The van der Waals surface area contributed by atoms with Gasteiger partial charge in [0, 0.05) is 18.9 Å². The van der Waals surface area contributed by atoms with Crippen LogP contribution in [0.2, 0.25) is 0 Å². The van der Waals surface area contributed by atoms with E-state index in [0.717, 1.165) is 24.0 Å². The van der Waals surface area contributed by atoms with Crippen LogP contribution >= 0.6 is 0 Å². The number of ether oxygens (including phenoxy) is 1. The van der Waals surface area contributed by atoms with E-state index in [1.165, 1.54) is 12.0 Å². The second-order valence-electron chi connectivity index (χ2n) is 5.06. The van der Waals surface area contributed by atoms with Crippen molar-refractivity contribution in [3.05, 3.63) is 65.5 Å². The highest BCUT2D eigenvalue weighted by molar-refractivity contribution is 5.53. The van der Waals surface area contributed by atoms with Crippen LogP contribution in [-0.4, -0.2) is 24.3 Å². The third-order valence-electron chi connectivity index (χ3n) is 3.75. The third-order valence-corrected chi connectivity index (χ3v) is 3.75. The van der Waals surface area contributed by atoms with E-state index in [1.54, 1.807) is 12.4 Å². The van der Waals surface area contributed by atoms with Gasteiger partial charge in [0.05, 0.1) is 0 Å². The van der Waals surface area contributed by atoms with Crippen LogP contribution in [0.15, 0.2) is 53.8 Å². The van der Waals surface area contributed by atoms with Gasteiger partial charge in [-0.2, -0.15) is 0 Å². The number of carbonyl (C=O) groups is 1. The van der Waals surface area contributed by atoms with Crippen molar-refractivity contribution >= 4 is 12.8 Å². The summed E-state index contributed by atoms with van der Waals surface area (Å²) in [6.45, 7) is 0.609. The number of benzene rings is 1. The molecular formula is C17H17N3O2. The summed E-state index contributed by atoms with van der Waals surface area (Å²) < 4.78 is 5.70. The number of aliphatic imine (C=N–C) groups is 1. The molecule has 0 saturated heterocycles. The number of hydrogen-bond acceptors (Lipinski definition) is 4. The van der Waals surface area contributed by atoms with Gasteiger partial charge in [-0.3, -0.25) is 9.78 Å². The van der Waals surface area contributed by atoms with Gasteiger partial charge in [-0.25, -0.2) is 4.99 Å². The molecule has 0 bridgehead atoms. The molecule has 1 aromatic carbocycles. The van der Waals surface area contributed by atoms with Gasteiger partial charge in [-0.15, -0.1) is 0 Å². The standard InChI is InChI=1S/C17H17N3O2/c21-11-19-10-5-13-3-1-2-4-15(13)16-17(22-12-20-16)14-6-8-18-9-7-14/h1-4,6-9,11-12,16-17H,5,10H2,(H,19,21). The van der Waals surface area contributed by atoms with Crippen LogP contribution in [0.25, 0.3) is 0 Å². The molecule has 0 spiro atoms. The van der Waals surface area contributed by atoms with E-state index in [4.69, 9.17) is 4.74 Å². The van der Waals surface area contributed by atoms with Crippen molar-refractivity contribution in [1.29, 1.82) is 0 Å². The maximum absolute atomic E-state index is 10.4. The molecule has 3 rings (SSSR count). The van der Waals surface area contributed by atoms with Crippen molar-refractivity contribution in [2.45, 2.75) is 18.6 Å². The predicted octanol–water partition coefficient (Wildman–Crippen LogP) is 2.21. The Kier molecular flexibility index (Phi) is 4.44. The molecule has 2 unspecified atom stereocenters. The summed E-state index contributed by atoms with van der Waals surface area (Å²) in [6.07, 6.45) is 6.39. The molecule has 5 heteroatoms. The Hall–Kier alpha value is -2.69. The van der Waals surface area contributed by atoms with Gasteiger partial charge < -0.3 is 10.1 Å². The first-order valence-electron chi connectivity index (χ1n) is 7.22. The molecule has 2 heterocycles. The Balaban J connectivity index is 1.86. The van der Waals surface area contributed by atoms with Crippen LogP contribution < -0.4 is 5.32 Å². The minimum absolute atomic E-state index is 0.0742. The number of aromatic nitrogens is 1. The van der Waals surface area contributed by atoms with Crippen LogP contribution in [0, 0.1) is 0 Å². The van der Waals surface area contributed by atoms with Gasteiger partial charge in [0.15, 0.2) is 12.5 Å². The minimum Gasteiger partial charge on any atom is -0.473 e. The first-order valence-corrected chi connectivity index (χ1v) is 7.22. The Morgan fingerprint density at radius 2 is 2.00 bits per heavy atom. The molecule has 22 heavy (non-hydrogen) atoms. The maximum atomic E-state index is 10.4. The van der Waals surface area contributed by atoms with Gasteiger partial charge in [-0.1, -0.05) is 24.3 Å². The van der Waals surface area contributed by atoms with Crippen LogP contribution in [0.5, 0.6) is 0 Å². The van der Waals surface area contributed by atoms with E-state index in [-0.39, 0.29) is 12.1 Å². The molecule has 2 aromatic rings. The molecule has 1 aliphatic heterocycles. The molecule has 1 aromatic heterocycles. The predicted molar refractivity (Wildman–Crippen MR) is 83.5 cm³/mol. The fourth-order valence-electron chi connectivity index (χ4n) is 2.69. The molecule has 1 N–H and O–H groups in total. The molecule has 5 nitrogen and oxygen atoms in total. The van der Waals surface area contributed by atoms with Gasteiger partial charge in [0.2, 0.25) is 6.41 Å². The molecule has 0 radical (unpaired) electrons. The normalized spacial score (nSPS) is 19.6. The number of pyridine rings is 1. The van der Waals surface area contributed by atoms with E-state index >= 15 is 0 Å². The highest BCUT2D eigenvalue weighted by atomic mass is 16.5. The number of nitrogens with zero attached hydrogens (tertiary/aromatic N) is 2. The van der Waals surface area contributed by atoms with E-state index in [1.807, 2.05) is 24.3 Å². The fraction of sp³-hybridized carbons (Fsp3) is 0.235. The number of rotatable bonds is 6. The minimum atomic E-state index is -0.136. The summed E-state index contributed by atoms with van der Waals surface area (Å²) in [6, 6.07) is 12.0. The summed E-state index contributed by atoms with van der Waals surface area (Å²) in [5.74, 6) is 0. The second-order valence-corrected chi connectivity index (χ2v) is 5.06. The zero-order valence-corrected chi connectivity index (χ0v) is 12.1. The van der Waals surface area contributed by atoms with Gasteiger partial charge in [0.1, 0.15) is 6.04 Å². The van der Waals surface area contributed by atoms with E-state index in [2.05, 4.69) is 27.4 Å². The van der Waals surface area contributed by atoms with Gasteiger partial charge in [-0.05, 0) is 35.2 Å². The Morgan fingerprint density at radius 1 is 1.18 bits per heavy atom. The van der Waals surface area contributed by atoms with Crippen LogP contribution in [-0.2, 0) is 16.0 Å². The number of amides is 1. The van der Waals surface area contributed by atoms with Gasteiger partial charge in [0.25, 0.3) is 0 Å². The van der Waals surface area contributed by atoms with Crippen molar-refractivity contribution in [2.24, 2.45) is 4.99 Å². The Bertz CT molecular complexity index is 658. The summed E-state index contributed by atoms with van der Waals surface area (Å²) in [4.78, 5) is 19.0. The summed E-state index contributed by atoms with van der Waals surface area (Å²) in [7, 11) is 0. The van der Waals surface area contributed by atoms with Crippen LogP contribution in [0.4, 0.5) is 0 Å². The highest BCUT2D eigenvalue weighted by Gasteiger charge is 2.30. The summed E-state index contributed by atoms with van der Waals surface area (Å²) in [5, 5.41) is 2.70. The average Bonchev–Trinajstić information content (AvgIpc) is 3.06. The number of hydrogen-bond donors (Lipinski definition) is 1. The van der Waals surface area contributed by atoms with E-state index in [0.29, 0.717) is 6.54 Å². The molecule has 0 saturated carbocycles. The zero-order valence-electron chi connectivity index (χ0n) is 12.1. The number of nitrogens with one attached hydrogen (secondary N) is 1. The van der Waals surface area contributed by atoms with Crippen molar-refractivity contribution in [3.63, 3.8) is 0 Å². The van der Waals surface area contributed by atoms with E-state index < -0.39 is 0 Å². The lowest BCUT2D eigenvalue weighted by atomic mass is 9.92.